The molecule has 120 valence electrons. The second-order valence-corrected chi connectivity index (χ2v) is 5.73. The first-order chi connectivity index (χ1) is 9.97. The molecule has 0 aliphatic rings. The van der Waals surface area contributed by atoms with Gasteiger partial charge in [0.15, 0.2) is 11.5 Å². The first-order valence-corrected chi connectivity index (χ1v) is 7.47. The van der Waals surface area contributed by atoms with Gasteiger partial charge in [-0.1, -0.05) is 13.0 Å². The molecule has 1 aromatic rings. The van der Waals surface area contributed by atoms with Crippen LogP contribution in [-0.4, -0.2) is 33.5 Å². The largest absolute Gasteiger partial charge is 0.493 e. The molecule has 0 saturated carbocycles. The molecule has 4 heteroatoms. The smallest absolute Gasteiger partial charge is 0.161 e. The molecule has 1 rings (SSSR count). The molecule has 0 fully saturated rings. The van der Waals surface area contributed by atoms with Crippen molar-refractivity contribution in [3.63, 3.8) is 0 Å². The van der Waals surface area contributed by atoms with Crippen molar-refractivity contribution in [1.29, 1.82) is 0 Å². The highest BCUT2D eigenvalue weighted by Gasteiger charge is 2.20. The average molecular weight is 295 g/mol. The van der Waals surface area contributed by atoms with Gasteiger partial charge in [0.2, 0.25) is 0 Å². The molecule has 0 bridgehead atoms. The van der Waals surface area contributed by atoms with E-state index in [1.54, 1.807) is 21.3 Å². The highest BCUT2D eigenvalue weighted by molar-refractivity contribution is 5.43. The van der Waals surface area contributed by atoms with Crippen molar-refractivity contribution in [3.05, 3.63) is 23.8 Å². The van der Waals surface area contributed by atoms with Gasteiger partial charge in [0.05, 0.1) is 19.8 Å². The Hall–Kier alpha value is -1.26. The number of hydrogen-bond acceptors (Lipinski definition) is 4. The van der Waals surface area contributed by atoms with Crippen LogP contribution in [0.2, 0.25) is 0 Å². The molecule has 0 heterocycles. The maximum absolute atomic E-state index is 5.51. The van der Waals surface area contributed by atoms with Gasteiger partial charge in [-0.3, -0.25) is 0 Å². The monoisotopic (exact) mass is 295 g/mol. The van der Waals surface area contributed by atoms with Crippen LogP contribution in [-0.2, 0) is 4.74 Å². The topological polar surface area (TPSA) is 39.7 Å². The summed E-state index contributed by atoms with van der Waals surface area (Å²) in [6.45, 7) is 7.27. The highest BCUT2D eigenvalue weighted by Crippen LogP contribution is 2.32. The lowest BCUT2D eigenvalue weighted by Gasteiger charge is -2.27. The molecule has 1 aromatic carbocycles. The van der Waals surface area contributed by atoms with E-state index < -0.39 is 0 Å². The molecular formula is C17H29NO3. The Morgan fingerprint density at radius 3 is 2.29 bits per heavy atom. The lowest BCUT2D eigenvalue weighted by atomic mass is 9.94. The van der Waals surface area contributed by atoms with Crippen molar-refractivity contribution in [2.45, 2.75) is 45.3 Å². The predicted octanol–water partition coefficient (Wildman–Crippen LogP) is 3.56. The van der Waals surface area contributed by atoms with Crippen molar-refractivity contribution in [1.82, 2.24) is 5.32 Å². The Kier molecular flexibility index (Phi) is 6.99. The zero-order valence-corrected chi connectivity index (χ0v) is 14.2. The van der Waals surface area contributed by atoms with Gasteiger partial charge in [-0.2, -0.15) is 0 Å². The van der Waals surface area contributed by atoms with Gasteiger partial charge in [0.25, 0.3) is 0 Å². The van der Waals surface area contributed by atoms with Gasteiger partial charge in [-0.25, -0.2) is 0 Å². The first-order valence-electron chi connectivity index (χ1n) is 7.47. The van der Waals surface area contributed by atoms with Crippen LogP contribution in [0.25, 0.3) is 0 Å². The van der Waals surface area contributed by atoms with Crippen LogP contribution in [0, 0.1) is 0 Å². The molecular weight excluding hydrogens is 266 g/mol. The van der Waals surface area contributed by atoms with E-state index in [4.69, 9.17) is 14.2 Å². The summed E-state index contributed by atoms with van der Waals surface area (Å²) in [5, 5.41) is 3.53. The fraction of sp³-hybridized carbons (Fsp3) is 0.647. The van der Waals surface area contributed by atoms with Crippen LogP contribution in [0.1, 0.15) is 45.2 Å². The molecule has 1 N–H and O–H groups in total. The van der Waals surface area contributed by atoms with Crippen molar-refractivity contribution in [2.75, 3.05) is 27.9 Å². The zero-order valence-electron chi connectivity index (χ0n) is 14.2. The van der Waals surface area contributed by atoms with Crippen LogP contribution in [0.4, 0.5) is 0 Å². The molecule has 0 radical (unpaired) electrons. The molecule has 21 heavy (non-hydrogen) atoms. The van der Waals surface area contributed by atoms with Crippen molar-refractivity contribution < 1.29 is 14.2 Å². The molecule has 0 aliphatic carbocycles. The molecule has 0 aromatic heterocycles. The Labute approximate surface area is 128 Å². The number of nitrogens with one attached hydrogen (secondary N) is 1. The minimum atomic E-state index is -0.107. The molecule has 1 atom stereocenters. The molecule has 4 nitrogen and oxygen atoms in total. The van der Waals surface area contributed by atoms with Crippen LogP contribution >= 0.6 is 0 Å². The summed E-state index contributed by atoms with van der Waals surface area (Å²) in [4.78, 5) is 0. The second-order valence-electron chi connectivity index (χ2n) is 5.73. The summed E-state index contributed by atoms with van der Waals surface area (Å²) in [5.74, 6) is 1.53. The van der Waals surface area contributed by atoms with Crippen LogP contribution < -0.4 is 14.8 Å². The van der Waals surface area contributed by atoms with Gasteiger partial charge in [0.1, 0.15) is 0 Å². The van der Waals surface area contributed by atoms with Gasteiger partial charge in [0, 0.05) is 13.2 Å². The molecule has 0 amide bonds. The predicted molar refractivity (Wildman–Crippen MR) is 86.3 cm³/mol. The quantitative estimate of drug-likeness (QED) is 0.756. The lowest BCUT2D eigenvalue weighted by molar-refractivity contribution is 0.0117. The van der Waals surface area contributed by atoms with Crippen LogP contribution in [0.15, 0.2) is 18.2 Å². The fourth-order valence-corrected chi connectivity index (χ4v) is 2.30. The van der Waals surface area contributed by atoms with E-state index in [-0.39, 0.29) is 11.6 Å². The van der Waals surface area contributed by atoms with E-state index in [1.165, 1.54) is 5.56 Å². The minimum Gasteiger partial charge on any atom is -0.493 e. The highest BCUT2D eigenvalue weighted by atomic mass is 16.5. The average Bonchev–Trinajstić information content (AvgIpc) is 2.50. The van der Waals surface area contributed by atoms with Crippen LogP contribution in [0.3, 0.4) is 0 Å². The Morgan fingerprint density at radius 1 is 1.10 bits per heavy atom. The summed E-state index contributed by atoms with van der Waals surface area (Å²) in [7, 11) is 5.08. The van der Waals surface area contributed by atoms with Gasteiger partial charge in [-0.15, -0.1) is 0 Å². The van der Waals surface area contributed by atoms with Crippen molar-refractivity contribution >= 4 is 0 Å². The number of methoxy groups -OCH3 is 3. The van der Waals surface area contributed by atoms with E-state index in [2.05, 4.69) is 32.2 Å². The fourth-order valence-electron chi connectivity index (χ4n) is 2.30. The number of rotatable bonds is 9. The Balaban J connectivity index is 2.89. The maximum atomic E-state index is 5.51. The summed E-state index contributed by atoms with van der Waals surface area (Å²) in [5.41, 5.74) is 1.10. The summed E-state index contributed by atoms with van der Waals surface area (Å²) >= 11 is 0. The lowest BCUT2D eigenvalue weighted by Crippen LogP contribution is -2.27. The summed E-state index contributed by atoms with van der Waals surface area (Å²) in [6.07, 6.45) is 1.99. The van der Waals surface area contributed by atoms with Gasteiger partial charge >= 0.3 is 0 Å². The first kappa shape index (κ1) is 17.8. The number of benzene rings is 1. The minimum absolute atomic E-state index is 0.107. The molecule has 0 saturated heterocycles. The van der Waals surface area contributed by atoms with E-state index in [1.807, 2.05) is 12.1 Å². The van der Waals surface area contributed by atoms with E-state index in [0.29, 0.717) is 0 Å². The number of hydrogen-bond donors (Lipinski definition) is 1. The standard InChI is InChI=1S/C17H29NO3/c1-7-18-14(10-11-17(2,3)21-6)13-8-9-15(19-4)16(12-13)20-5/h8-9,12,14,18H,7,10-11H2,1-6H3. The third-order valence-electron chi connectivity index (χ3n) is 3.85. The third-order valence-corrected chi connectivity index (χ3v) is 3.85. The summed E-state index contributed by atoms with van der Waals surface area (Å²) < 4.78 is 16.2. The van der Waals surface area contributed by atoms with Crippen molar-refractivity contribution in [2.24, 2.45) is 0 Å². The summed E-state index contributed by atoms with van der Waals surface area (Å²) in [6, 6.07) is 6.38. The molecule has 0 spiro atoms. The normalized spacial score (nSPS) is 13.0. The Bertz CT molecular complexity index is 432. The van der Waals surface area contributed by atoms with Gasteiger partial charge in [-0.05, 0) is 50.9 Å². The second kappa shape index (κ2) is 8.25. The Morgan fingerprint density at radius 2 is 1.76 bits per heavy atom. The number of ether oxygens (including phenoxy) is 3. The molecule has 1 unspecified atom stereocenters. The van der Waals surface area contributed by atoms with E-state index >= 15 is 0 Å². The third kappa shape index (κ3) is 5.21. The van der Waals surface area contributed by atoms with Gasteiger partial charge < -0.3 is 19.5 Å². The maximum Gasteiger partial charge on any atom is 0.161 e. The van der Waals surface area contributed by atoms with E-state index in [0.717, 1.165) is 30.9 Å². The van der Waals surface area contributed by atoms with Crippen LogP contribution in [0.5, 0.6) is 11.5 Å². The van der Waals surface area contributed by atoms with Crippen molar-refractivity contribution in [3.8, 4) is 11.5 Å². The SMILES string of the molecule is CCNC(CCC(C)(C)OC)c1ccc(OC)c(OC)c1. The zero-order chi connectivity index (χ0) is 15.9. The molecule has 0 aliphatic heterocycles. The van der Waals surface area contributed by atoms with E-state index in [9.17, 15) is 0 Å².